The van der Waals surface area contributed by atoms with Crippen molar-refractivity contribution in [1.82, 2.24) is 4.98 Å². The molecule has 1 aliphatic rings. The molecular weight excluding hydrogens is 361 g/mol. The summed E-state index contributed by atoms with van der Waals surface area (Å²) in [5.74, 6) is 1.58. The fourth-order valence-corrected chi connectivity index (χ4v) is 2.62. The lowest BCUT2D eigenvalue weighted by molar-refractivity contribution is 0.174. The van der Waals surface area contributed by atoms with Crippen molar-refractivity contribution < 1.29 is 28.7 Å². The first-order valence-electron chi connectivity index (χ1n) is 8.22. The van der Waals surface area contributed by atoms with E-state index < -0.39 is 7.82 Å². The Morgan fingerprint density at radius 2 is 2.04 bits per heavy atom. The monoisotopic (exact) mass is 385 g/mol. The minimum Gasteiger partial charge on any atom is -0.486 e. The molecule has 1 aromatic carbocycles. The van der Waals surface area contributed by atoms with Crippen LogP contribution >= 0.6 is 7.82 Å². The van der Waals surface area contributed by atoms with Crippen molar-refractivity contribution >= 4 is 24.4 Å². The second-order valence-corrected chi connectivity index (χ2v) is 6.86. The SMILES string of the molecule is CC(CCCN)Nc1cc2c(c3cccnc13)OCCO2.O=P(O)(O)O. The summed E-state index contributed by atoms with van der Waals surface area (Å²) in [4.78, 5) is 26.1. The van der Waals surface area contributed by atoms with Gasteiger partial charge in [-0.15, -0.1) is 0 Å². The van der Waals surface area contributed by atoms with Crippen LogP contribution in [0.25, 0.3) is 10.9 Å². The number of anilines is 1. The molecule has 6 N–H and O–H groups in total. The molecule has 10 heteroatoms. The van der Waals surface area contributed by atoms with E-state index in [0.29, 0.717) is 25.8 Å². The zero-order valence-electron chi connectivity index (χ0n) is 14.5. The highest BCUT2D eigenvalue weighted by atomic mass is 31.2. The molecule has 2 heterocycles. The topological polar surface area (TPSA) is 147 Å². The van der Waals surface area contributed by atoms with Crippen LogP contribution in [0, 0.1) is 0 Å². The summed E-state index contributed by atoms with van der Waals surface area (Å²) in [5.41, 5.74) is 7.48. The van der Waals surface area contributed by atoms with E-state index in [9.17, 15) is 0 Å². The van der Waals surface area contributed by atoms with Gasteiger partial charge in [-0.25, -0.2) is 4.57 Å². The van der Waals surface area contributed by atoms with Gasteiger partial charge in [0.05, 0.1) is 11.2 Å². The number of nitrogens with two attached hydrogens (primary N) is 1. The van der Waals surface area contributed by atoms with Crippen LogP contribution in [-0.4, -0.2) is 45.5 Å². The van der Waals surface area contributed by atoms with Gasteiger partial charge in [-0.1, -0.05) is 0 Å². The van der Waals surface area contributed by atoms with Crippen LogP contribution in [0.4, 0.5) is 5.69 Å². The average Bonchev–Trinajstić information content (AvgIpc) is 2.59. The Labute approximate surface area is 151 Å². The van der Waals surface area contributed by atoms with Crippen LogP contribution in [0.5, 0.6) is 11.5 Å². The molecule has 0 fully saturated rings. The van der Waals surface area contributed by atoms with Crippen molar-refractivity contribution in [3.05, 3.63) is 24.4 Å². The number of rotatable bonds is 5. The molecule has 2 aromatic rings. The van der Waals surface area contributed by atoms with Gasteiger partial charge >= 0.3 is 7.82 Å². The predicted molar refractivity (Wildman–Crippen MR) is 98.4 cm³/mol. The molecule has 1 atom stereocenters. The summed E-state index contributed by atoms with van der Waals surface area (Å²) in [7, 11) is -4.64. The van der Waals surface area contributed by atoms with Crippen molar-refractivity contribution in [1.29, 1.82) is 0 Å². The van der Waals surface area contributed by atoms with E-state index in [2.05, 4.69) is 17.2 Å². The highest BCUT2D eigenvalue weighted by Crippen LogP contribution is 2.41. The third-order valence-electron chi connectivity index (χ3n) is 3.64. The Morgan fingerprint density at radius 3 is 2.73 bits per heavy atom. The average molecular weight is 385 g/mol. The number of fused-ring (bicyclic) bond motifs is 3. The molecule has 0 amide bonds. The van der Waals surface area contributed by atoms with Gasteiger partial charge in [0, 0.05) is 23.7 Å². The van der Waals surface area contributed by atoms with Crippen molar-refractivity contribution in [3.63, 3.8) is 0 Å². The number of nitrogens with one attached hydrogen (secondary N) is 1. The van der Waals surface area contributed by atoms with E-state index in [1.54, 1.807) is 6.20 Å². The summed E-state index contributed by atoms with van der Waals surface area (Å²) >= 11 is 0. The van der Waals surface area contributed by atoms with Gasteiger partial charge in [-0.05, 0) is 38.4 Å². The van der Waals surface area contributed by atoms with Crippen LogP contribution in [0.3, 0.4) is 0 Å². The number of aromatic nitrogens is 1. The third-order valence-corrected chi connectivity index (χ3v) is 3.64. The van der Waals surface area contributed by atoms with Crippen LogP contribution < -0.4 is 20.5 Å². The molecule has 0 radical (unpaired) electrons. The smallest absolute Gasteiger partial charge is 0.466 e. The van der Waals surface area contributed by atoms with E-state index in [1.165, 1.54) is 0 Å². The Bertz CT molecular complexity index is 774. The molecule has 144 valence electrons. The van der Waals surface area contributed by atoms with Crippen LogP contribution in [0.15, 0.2) is 24.4 Å². The fourth-order valence-electron chi connectivity index (χ4n) is 2.62. The van der Waals surface area contributed by atoms with Crippen molar-refractivity contribution in [3.8, 4) is 11.5 Å². The van der Waals surface area contributed by atoms with Crippen LogP contribution in [-0.2, 0) is 4.57 Å². The Morgan fingerprint density at radius 1 is 1.35 bits per heavy atom. The lowest BCUT2D eigenvalue weighted by Gasteiger charge is -2.23. The van der Waals surface area contributed by atoms with Gasteiger partial charge in [-0.3, -0.25) is 4.98 Å². The Kier molecular flexibility index (Phi) is 7.19. The molecule has 1 unspecified atom stereocenters. The van der Waals surface area contributed by atoms with E-state index in [0.717, 1.165) is 40.9 Å². The van der Waals surface area contributed by atoms with Gasteiger partial charge in [0.2, 0.25) is 0 Å². The third kappa shape index (κ3) is 6.12. The summed E-state index contributed by atoms with van der Waals surface area (Å²) in [5, 5.41) is 4.51. The number of benzene rings is 1. The zero-order valence-corrected chi connectivity index (χ0v) is 15.4. The van der Waals surface area contributed by atoms with E-state index in [1.807, 2.05) is 18.2 Å². The van der Waals surface area contributed by atoms with Gasteiger partial charge in [0.15, 0.2) is 11.5 Å². The van der Waals surface area contributed by atoms with Crippen LogP contribution in [0.1, 0.15) is 19.8 Å². The molecule has 9 nitrogen and oxygen atoms in total. The Hall–Kier alpha value is -1.90. The molecule has 0 spiro atoms. The summed E-state index contributed by atoms with van der Waals surface area (Å²) in [6, 6.07) is 6.26. The maximum atomic E-state index is 8.88. The molecule has 1 aromatic heterocycles. The lowest BCUT2D eigenvalue weighted by atomic mass is 10.1. The first-order chi connectivity index (χ1) is 12.3. The van der Waals surface area contributed by atoms with Gasteiger partial charge in [0.1, 0.15) is 13.2 Å². The number of hydrogen-bond acceptors (Lipinski definition) is 6. The van der Waals surface area contributed by atoms with Crippen LogP contribution in [0.2, 0.25) is 0 Å². The van der Waals surface area contributed by atoms with Crippen molar-refractivity contribution in [2.75, 3.05) is 25.1 Å². The van der Waals surface area contributed by atoms with Crippen molar-refractivity contribution in [2.24, 2.45) is 5.73 Å². The first-order valence-corrected chi connectivity index (χ1v) is 9.78. The highest BCUT2D eigenvalue weighted by Gasteiger charge is 2.19. The van der Waals surface area contributed by atoms with Gasteiger partial charge in [-0.2, -0.15) is 0 Å². The predicted octanol–water partition coefficient (Wildman–Crippen LogP) is 1.62. The minimum absolute atomic E-state index is 0.335. The molecule has 0 aliphatic carbocycles. The normalized spacial score (nSPS) is 14.3. The fraction of sp³-hybridized carbons (Fsp3) is 0.438. The summed E-state index contributed by atoms with van der Waals surface area (Å²) in [6.07, 6.45) is 3.83. The molecule has 3 rings (SSSR count). The standard InChI is InChI=1S/C16H21N3O2.H3O4P/c1-11(4-2-6-17)19-13-10-14-16(21-9-8-20-14)12-5-3-7-18-15(12)13;1-5(2,3)4/h3,5,7,10-11,19H,2,4,6,8-9,17H2,1H3;(H3,1,2,3,4). The maximum absolute atomic E-state index is 8.88. The number of hydrogen-bond donors (Lipinski definition) is 5. The maximum Gasteiger partial charge on any atom is 0.466 e. The second-order valence-electron chi connectivity index (χ2n) is 5.84. The molecular formula is C16H24N3O6P. The number of nitrogens with zero attached hydrogens (tertiary/aromatic N) is 1. The van der Waals surface area contributed by atoms with E-state index in [-0.39, 0.29) is 0 Å². The molecule has 26 heavy (non-hydrogen) atoms. The quantitative estimate of drug-likeness (QED) is 0.484. The minimum atomic E-state index is -4.64. The molecule has 0 saturated carbocycles. The summed E-state index contributed by atoms with van der Waals surface area (Å²) < 4.78 is 20.4. The number of phosphoric acid groups is 1. The molecule has 0 saturated heterocycles. The van der Waals surface area contributed by atoms with E-state index >= 15 is 0 Å². The first kappa shape index (κ1) is 20.4. The molecule has 1 aliphatic heterocycles. The molecule has 0 bridgehead atoms. The zero-order chi connectivity index (χ0) is 19.2. The Balaban J connectivity index is 0.000000431. The number of ether oxygens (including phenoxy) is 2. The summed E-state index contributed by atoms with van der Waals surface area (Å²) in [6.45, 7) is 4.03. The lowest BCUT2D eigenvalue weighted by Crippen LogP contribution is -2.19. The second kappa shape index (κ2) is 9.16. The van der Waals surface area contributed by atoms with Gasteiger partial charge < -0.3 is 35.2 Å². The number of pyridine rings is 1. The van der Waals surface area contributed by atoms with Gasteiger partial charge in [0.25, 0.3) is 0 Å². The highest BCUT2D eigenvalue weighted by molar-refractivity contribution is 7.45. The van der Waals surface area contributed by atoms with Crippen molar-refractivity contribution in [2.45, 2.75) is 25.8 Å². The largest absolute Gasteiger partial charge is 0.486 e. The van der Waals surface area contributed by atoms with E-state index in [4.69, 9.17) is 34.5 Å².